The van der Waals surface area contributed by atoms with Crippen LogP contribution in [0.1, 0.15) is 75.5 Å². The quantitative estimate of drug-likeness (QED) is 0.170. The molecule has 160 valence electrons. The molecule has 0 aliphatic heterocycles. The molecule has 0 saturated heterocycles. The number of halogens is 2. The summed E-state index contributed by atoms with van der Waals surface area (Å²) in [5.41, 5.74) is 11.4. The first-order valence-electron chi connectivity index (χ1n) is 10.3. The zero-order valence-corrected chi connectivity index (χ0v) is 22.5. The van der Waals surface area contributed by atoms with E-state index in [1.54, 1.807) is 7.11 Å². The van der Waals surface area contributed by atoms with Crippen molar-refractivity contribution in [2.75, 3.05) is 19.5 Å². The molecular weight excluding hydrogens is 588 g/mol. The third kappa shape index (κ3) is 6.91. The molecule has 0 fully saturated rings. The average molecular weight is 621 g/mol. The molecule has 0 bridgehead atoms. The first kappa shape index (κ1) is 24.6. The Hall–Kier alpha value is -0.700. The number of ether oxygens (including phenoxy) is 2. The Morgan fingerprint density at radius 3 is 1.93 bits per heavy atom. The second-order valence-corrected chi connectivity index (χ2v) is 10.4. The number of anilines is 1. The van der Waals surface area contributed by atoms with Crippen LogP contribution in [0.2, 0.25) is 0 Å². The third-order valence-corrected chi connectivity index (χ3v) is 6.81. The predicted octanol–water partition coefficient (Wildman–Crippen LogP) is 7.53. The molecule has 2 aromatic carbocycles. The van der Waals surface area contributed by atoms with Crippen molar-refractivity contribution >= 4 is 50.9 Å². The van der Waals surface area contributed by atoms with Crippen LogP contribution >= 0.6 is 45.2 Å². The van der Waals surface area contributed by atoms with Gasteiger partial charge in [0.15, 0.2) is 0 Å². The molecular formula is C24H33I2NO2. The zero-order valence-electron chi connectivity index (χ0n) is 18.1. The van der Waals surface area contributed by atoms with Gasteiger partial charge in [-0.25, -0.2) is 0 Å². The van der Waals surface area contributed by atoms with Gasteiger partial charge >= 0.3 is 0 Å². The fraction of sp³-hybridized carbons (Fsp3) is 0.500. The van der Waals surface area contributed by atoms with Gasteiger partial charge in [-0.05, 0) is 112 Å². The van der Waals surface area contributed by atoms with Crippen molar-refractivity contribution in [3.8, 4) is 11.5 Å². The van der Waals surface area contributed by atoms with Crippen LogP contribution in [0.3, 0.4) is 0 Å². The van der Waals surface area contributed by atoms with Crippen molar-refractivity contribution in [3.05, 3.63) is 48.1 Å². The van der Waals surface area contributed by atoms with Gasteiger partial charge in [-0.1, -0.05) is 39.8 Å². The van der Waals surface area contributed by atoms with E-state index in [0.717, 1.165) is 50.2 Å². The highest BCUT2D eigenvalue weighted by Gasteiger charge is 2.13. The number of methoxy groups -OCH3 is 1. The Kier molecular flexibility index (Phi) is 9.85. The van der Waals surface area contributed by atoms with Crippen LogP contribution in [0.5, 0.6) is 11.5 Å². The summed E-state index contributed by atoms with van der Waals surface area (Å²) in [6, 6.07) is 8.70. The molecule has 0 spiro atoms. The smallest absolute Gasteiger partial charge is 0.133 e. The average Bonchev–Trinajstić information content (AvgIpc) is 2.67. The van der Waals surface area contributed by atoms with Crippen molar-refractivity contribution in [1.29, 1.82) is 0 Å². The third-order valence-electron chi connectivity index (χ3n) is 5.12. The second kappa shape index (κ2) is 11.6. The van der Waals surface area contributed by atoms with Gasteiger partial charge in [0, 0.05) is 5.69 Å². The van der Waals surface area contributed by atoms with Gasteiger partial charge < -0.3 is 15.2 Å². The van der Waals surface area contributed by atoms with E-state index in [4.69, 9.17) is 15.2 Å². The molecule has 0 aliphatic carbocycles. The van der Waals surface area contributed by atoms with E-state index in [1.165, 1.54) is 23.1 Å². The molecule has 0 amide bonds. The highest BCUT2D eigenvalue weighted by atomic mass is 127. The molecule has 2 aromatic rings. The number of benzene rings is 2. The molecule has 2 N–H and O–H groups in total. The van der Waals surface area contributed by atoms with Crippen molar-refractivity contribution in [1.82, 2.24) is 0 Å². The summed E-state index contributed by atoms with van der Waals surface area (Å²) in [4.78, 5) is 0. The lowest BCUT2D eigenvalue weighted by Gasteiger charge is -2.19. The van der Waals surface area contributed by atoms with Crippen LogP contribution in [-0.2, 0) is 6.42 Å². The Morgan fingerprint density at radius 2 is 1.38 bits per heavy atom. The Morgan fingerprint density at radius 1 is 0.828 bits per heavy atom. The SMILES string of the molecule is COc1cc(I)c(OCCCCCc2cc(C(C)C)c(N)c(C(C)C)c2)cc1I. The minimum atomic E-state index is 0.454. The van der Waals surface area contributed by atoms with Gasteiger partial charge in [0.1, 0.15) is 11.5 Å². The standard InChI is InChI=1S/C24H33I2NO2/c1-15(2)18-11-17(12-19(16(3)4)24(18)27)9-7-6-8-10-29-23-14-20(25)22(28-5)13-21(23)26/h11-16H,6-10,27H2,1-5H3. The minimum Gasteiger partial charge on any atom is -0.496 e. The summed E-state index contributed by atoms with van der Waals surface area (Å²) in [5.74, 6) is 2.75. The Balaban J connectivity index is 1.86. The van der Waals surface area contributed by atoms with Crippen LogP contribution in [0.4, 0.5) is 5.69 Å². The van der Waals surface area contributed by atoms with Crippen LogP contribution in [0, 0.1) is 7.14 Å². The highest BCUT2D eigenvalue weighted by molar-refractivity contribution is 14.1. The molecule has 0 heterocycles. The van der Waals surface area contributed by atoms with E-state index in [-0.39, 0.29) is 0 Å². The maximum atomic E-state index is 6.42. The number of nitrogen functional groups attached to an aromatic ring is 1. The summed E-state index contributed by atoms with van der Waals surface area (Å²) in [6.07, 6.45) is 4.47. The highest BCUT2D eigenvalue weighted by Crippen LogP contribution is 2.33. The first-order valence-corrected chi connectivity index (χ1v) is 12.5. The van der Waals surface area contributed by atoms with Crippen molar-refractivity contribution in [2.24, 2.45) is 0 Å². The molecule has 0 aliphatic rings. The second-order valence-electron chi connectivity index (χ2n) is 8.07. The van der Waals surface area contributed by atoms with E-state index in [2.05, 4.69) is 91.1 Å². The van der Waals surface area contributed by atoms with Crippen LogP contribution < -0.4 is 15.2 Å². The summed E-state index contributed by atoms with van der Waals surface area (Å²) in [5, 5.41) is 0. The van der Waals surface area contributed by atoms with Crippen molar-refractivity contribution in [2.45, 2.75) is 65.2 Å². The largest absolute Gasteiger partial charge is 0.496 e. The molecule has 0 aromatic heterocycles. The van der Waals surface area contributed by atoms with Gasteiger partial charge in [-0.15, -0.1) is 0 Å². The Labute approximate surface area is 203 Å². The lowest BCUT2D eigenvalue weighted by Crippen LogP contribution is -2.05. The lowest BCUT2D eigenvalue weighted by molar-refractivity contribution is 0.302. The van der Waals surface area contributed by atoms with Gasteiger partial charge in [0.2, 0.25) is 0 Å². The number of aryl methyl sites for hydroxylation is 1. The van der Waals surface area contributed by atoms with E-state index in [0.29, 0.717) is 11.8 Å². The molecule has 0 radical (unpaired) electrons. The number of hydrogen-bond donors (Lipinski definition) is 1. The monoisotopic (exact) mass is 621 g/mol. The fourth-order valence-corrected chi connectivity index (χ4v) is 4.68. The summed E-state index contributed by atoms with van der Waals surface area (Å²) in [7, 11) is 1.70. The molecule has 3 nitrogen and oxygen atoms in total. The maximum absolute atomic E-state index is 6.42. The molecule has 29 heavy (non-hydrogen) atoms. The summed E-state index contributed by atoms with van der Waals surface area (Å²) in [6.45, 7) is 9.63. The van der Waals surface area contributed by atoms with Gasteiger partial charge in [0.05, 0.1) is 20.9 Å². The number of hydrogen-bond acceptors (Lipinski definition) is 3. The van der Waals surface area contributed by atoms with E-state index in [9.17, 15) is 0 Å². The first-order chi connectivity index (χ1) is 13.7. The van der Waals surface area contributed by atoms with Crippen LogP contribution in [0.15, 0.2) is 24.3 Å². The van der Waals surface area contributed by atoms with Gasteiger partial charge in [0.25, 0.3) is 0 Å². The summed E-state index contributed by atoms with van der Waals surface area (Å²) < 4.78 is 13.5. The Bertz CT molecular complexity index is 790. The topological polar surface area (TPSA) is 44.5 Å². The lowest BCUT2D eigenvalue weighted by atomic mass is 9.89. The molecule has 0 unspecified atom stereocenters. The van der Waals surface area contributed by atoms with E-state index >= 15 is 0 Å². The molecule has 5 heteroatoms. The summed E-state index contributed by atoms with van der Waals surface area (Å²) >= 11 is 4.59. The maximum Gasteiger partial charge on any atom is 0.133 e. The van der Waals surface area contributed by atoms with Gasteiger partial charge in [-0.2, -0.15) is 0 Å². The van der Waals surface area contributed by atoms with Gasteiger partial charge in [-0.3, -0.25) is 0 Å². The normalized spacial score (nSPS) is 11.3. The minimum absolute atomic E-state index is 0.454. The number of unbranched alkanes of at least 4 members (excludes halogenated alkanes) is 2. The van der Waals surface area contributed by atoms with Crippen LogP contribution in [0.25, 0.3) is 0 Å². The number of nitrogens with two attached hydrogens (primary N) is 1. The van der Waals surface area contributed by atoms with Crippen LogP contribution in [-0.4, -0.2) is 13.7 Å². The molecule has 0 saturated carbocycles. The molecule has 0 atom stereocenters. The molecule has 2 rings (SSSR count). The predicted molar refractivity (Wildman–Crippen MR) is 141 cm³/mol. The van der Waals surface area contributed by atoms with E-state index in [1.807, 2.05) is 6.07 Å². The van der Waals surface area contributed by atoms with Crippen molar-refractivity contribution in [3.63, 3.8) is 0 Å². The fourth-order valence-electron chi connectivity index (χ4n) is 3.43. The van der Waals surface area contributed by atoms with E-state index < -0.39 is 0 Å². The number of rotatable bonds is 10. The van der Waals surface area contributed by atoms with Crippen molar-refractivity contribution < 1.29 is 9.47 Å². The zero-order chi connectivity index (χ0) is 21.6.